The standard InChI is InChI=1S/C18H20N4O3/c23-18(22-9-11-24-12-10-22)15-4-2-1-3-14(15)17-20-16(21-25-17)13-5-7-19-8-6-13/h1-2,5-8,14-15H,3-4,9-12H2/t14-,15-/m0/s1. The number of ether oxygens (including phenoxy) is 1. The fourth-order valence-corrected chi connectivity index (χ4v) is 3.38. The average Bonchev–Trinajstić information content (AvgIpc) is 3.19. The lowest BCUT2D eigenvalue weighted by Crippen LogP contribution is -2.45. The molecule has 2 atom stereocenters. The van der Waals surface area contributed by atoms with Crippen LogP contribution in [0, 0.1) is 5.92 Å². The van der Waals surface area contributed by atoms with Gasteiger partial charge in [0, 0.05) is 31.0 Å². The summed E-state index contributed by atoms with van der Waals surface area (Å²) >= 11 is 0. The fourth-order valence-electron chi connectivity index (χ4n) is 3.38. The summed E-state index contributed by atoms with van der Waals surface area (Å²) in [4.78, 5) is 23.4. The summed E-state index contributed by atoms with van der Waals surface area (Å²) in [5, 5.41) is 4.09. The summed E-state index contributed by atoms with van der Waals surface area (Å²) < 4.78 is 10.9. The van der Waals surface area contributed by atoms with Crippen LogP contribution in [0.25, 0.3) is 11.4 Å². The minimum atomic E-state index is -0.158. The molecule has 1 aliphatic heterocycles. The van der Waals surface area contributed by atoms with Gasteiger partial charge in [0.05, 0.1) is 25.0 Å². The van der Waals surface area contributed by atoms with Crippen molar-refractivity contribution < 1.29 is 14.1 Å². The quantitative estimate of drug-likeness (QED) is 0.795. The van der Waals surface area contributed by atoms with Crippen molar-refractivity contribution in [2.45, 2.75) is 18.8 Å². The first-order valence-corrected chi connectivity index (χ1v) is 8.58. The molecule has 130 valence electrons. The lowest BCUT2D eigenvalue weighted by atomic mass is 9.81. The van der Waals surface area contributed by atoms with Crippen LogP contribution in [-0.2, 0) is 9.53 Å². The molecule has 0 N–H and O–H groups in total. The Kier molecular flexibility index (Phi) is 4.56. The molecule has 1 aliphatic carbocycles. The SMILES string of the molecule is O=C([C@H]1CC=CC[C@@H]1c1nc(-c2ccncc2)no1)N1CCOCC1. The van der Waals surface area contributed by atoms with Gasteiger partial charge in [0.25, 0.3) is 0 Å². The van der Waals surface area contributed by atoms with Gasteiger partial charge in [0.2, 0.25) is 17.6 Å². The topological polar surface area (TPSA) is 81.3 Å². The molecule has 2 aromatic rings. The lowest BCUT2D eigenvalue weighted by Gasteiger charge is -2.33. The fraction of sp³-hybridized carbons (Fsp3) is 0.444. The van der Waals surface area contributed by atoms with Gasteiger partial charge in [0.15, 0.2) is 0 Å². The van der Waals surface area contributed by atoms with E-state index in [1.807, 2.05) is 17.0 Å². The van der Waals surface area contributed by atoms with Crippen LogP contribution in [0.15, 0.2) is 41.2 Å². The zero-order valence-electron chi connectivity index (χ0n) is 13.9. The molecule has 25 heavy (non-hydrogen) atoms. The minimum absolute atomic E-state index is 0.0802. The number of nitrogens with zero attached hydrogens (tertiary/aromatic N) is 4. The molecular weight excluding hydrogens is 320 g/mol. The van der Waals surface area contributed by atoms with Gasteiger partial charge in [-0.2, -0.15) is 4.98 Å². The number of allylic oxidation sites excluding steroid dienone is 2. The molecule has 7 heteroatoms. The smallest absolute Gasteiger partial charge is 0.231 e. The van der Waals surface area contributed by atoms with E-state index in [1.165, 1.54) is 0 Å². The second-order valence-electron chi connectivity index (χ2n) is 6.29. The molecule has 1 amide bonds. The van der Waals surface area contributed by atoms with Crippen molar-refractivity contribution in [2.24, 2.45) is 5.92 Å². The molecule has 7 nitrogen and oxygen atoms in total. The molecule has 1 fully saturated rings. The van der Waals surface area contributed by atoms with Crippen LogP contribution < -0.4 is 0 Å². The Bertz CT molecular complexity index is 753. The molecule has 2 aromatic heterocycles. The second kappa shape index (κ2) is 7.14. The zero-order chi connectivity index (χ0) is 17.1. The summed E-state index contributed by atoms with van der Waals surface area (Å²) in [6.45, 7) is 2.51. The van der Waals surface area contributed by atoms with E-state index in [1.54, 1.807) is 12.4 Å². The molecule has 4 rings (SSSR count). The zero-order valence-corrected chi connectivity index (χ0v) is 13.9. The number of amides is 1. The Morgan fingerprint density at radius 1 is 1.12 bits per heavy atom. The van der Waals surface area contributed by atoms with E-state index in [4.69, 9.17) is 9.26 Å². The van der Waals surface area contributed by atoms with E-state index >= 15 is 0 Å². The summed E-state index contributed by atoms with van der Waals surface area (Å²) in [5.41, 5.74) is 0.854. The number of carbonyl (C=O) groups is 1. The molecule has 2 aliphatic rings. The maximum absolute atomic E-state index is 13.0. The molecule has 3 heterocycles. The van der Waals surface area contributed by atoms with E-state index in [0.717, 1.165) is 12.0 Å². The molecule has 1 saturated heterocycles. The molecule has 0 saturated carbocycles. The van der Waals surface area contributed by atoms with Crippen molar-refractivity contribution in [1.82, 2.24) is 20.0 Å². The summed E-state index contributed by atoms with van der Waals surface area (Å²) in [5.74, 6) is 0.978. The van der Waals surface area contributed by atoms with Crippen molar-refractivity contribution in [3.63, 3.8) is 0 Å². The monoisotopic (exact) mass is 340 g/mol. The van der Waals surface area contributed by atoms with E-state index < -0.39 is 0 Å². The Labute approximate surface area is 145 Å². The van der Waals surface area contributed by atoms with Gasteiger partial charge in [-0.15, -0.1) is 0 Å². The molecule has 0 spiro atoms. The third-order valence-electron chi connectivity index (χ3n) is 4.77. The number of carbonyl (C=O) groups excluding carboxylic acids is 1. The summed E-state index contributed by atoms with van der Waals surface area (Å²) in [7, 11) is 0. The normalized spacial score (nSPS) is 23.6. The van der Waals surface area contributed by atoms with Crippen LogP contribution in [0.2, 0.25) is 0 Å². The average molecular weight is 340 g/mol. The number of pyridine rings is 1. The number of hydrogen-bond donors (Lipinski definition) is 0. The van der Waals surface area contributed by atoms with Crippen molar-refractivity contribution >= 4 is 5.91 Å². The van der Waals surface area contributed by atoms with Gasteiger partial charge in [-0.05, 0) is 25.0 Å². The molecular formula is C18H20N4O3. The maximum Gasteiger partial charge on any atom is 0.231 e. The Balaban J connectivity index is 1.56. The van der Waals surface area contributed by atoms with E-state index in [-0.39, 0.29) is 17.7 Å². The van der Waals surface area contributed by atoms with Gasteiger partial charge in [-0.1, -0.05) is 17.3 Å². The lowest BCUT2D eigenvalue weighted by molar-refractivity contribution is -0.140. The molecule has 0 radical (unpaired) electrons. The van der Waals surface area contributed by atoms with Crippen LogP contribution in [0.4, 0.5) is 0 Å². The summed E-state index contributed by atoms with van der Waals surface area (Å²) in [6, 6.07) is 3.68. The number of rotatable bonds is 3. The largest absolute Gasteiger partial charge is 0.378 e. The van der Waals surface area contributed by atoms with Crippen molar-refractivity contribution in [2.75, 3.05) is 26.3 Å². The summed E-state index contributed by atoms with van der Waals surface area (Å²) in [6.07, 6.45) is 8.98. The first-order valence-electron chi connectivity index (χ1n) is 8.58. The van der Waals surface area contributed by atoms with Gasteiger partial charge in [-0.3, -0.25) is 9.78 Å². The second-order valence-corrected chi connectivity index (χ2v) is 6.29. The third kappa shape index (κ3) is 3.32. The van der Waals surface area contributed by atoms with Gasteiger partial charge < -0.3 is 14.2 Å². The minimum Gasteiger partial charge on any atom is -0.378 e. The molecule has 0 unspecified atom stereocenters. The Morgan fingerprint density at radius 2 is 1.88 bits per heavy atom. The highest BCUT2D eigenvalue weighted by Crippen LogP contribution is 2.35. The van der Waals surface area contributed by atoms with Crippen LogP contribution >= 0.6 is 0 Å². The Hall–Kier alpha value is -2.54. The van der Waals surface area contributed by atoms with Crippen LogP contribution in [0.5, 0.6) is 0 Å². The first-order chi connectivity index (χ1) is 12.3. The molecule has 0 aromatic carbocycles. The third-order valence-corrected chi connectivity index (χ3v) is 4.77. The van der Waals surface area contributed by atoms with Crippen LogP contribution in [-0.4, -0.2) is 52.2 Å². The predicted molar refractivity (Wildman–Crippen MR) is 89.5 cm³/mol. The Morgan fingerprint density at radius 3 is 2.68 bits per heavy atom. The van der Waals surface area contributed by atoms with Crippen LogP contribution in [0.3, 0.4) is 0 Å². The van der Waals surface area contributed by atoms with Gasteiger partial charge in [-0.25, -0.2) is 0 Å². The highest BCUT2D eigenvalue weighted by Gasteiger charge is 2.36. The number of aromatic nitrogens is 3. The van der Waals surface area contributed by atoms with E-state index in [0.29, 0.717) is 44.4 Å². The van der Waals surface area contributed by atoms with Crippen molar-refractivity contribution in [3.8, 4) is 11.4 Å². The molecule has 0 bridgehead atoms. The van der Waals surface area contributed by atoms with Crippen molar-refractivity contribution in [1.29, 1.82) is 0 Å². The van der Waals surface area contributed by atoms with Crippen LogP contribution in [0.1, 0.15) is 24.7 Å². The first kappa shape index (κ1) is 16.0. The maximum atomic E-state index is 13.0. The van der Waals surface area contributed by atoms with Crippen molar-refractivity contribution in [3.05, 3.63) is 42.6 Å². The number of morpholine rings is 1. The number of hydrogen-bond acceptors (Lipinski definition) is 6. The highest BCUT2D eigenvalue weighted by atomic mass is 16.5. The van der Waals surface area contributed by atoms with E-state index in [2.05, 4.69) is 27.3 Å². The van der Waals surface area contributed by atoms with E-state index in [9.17, 15) is 4.79 Å². The van der Waals surface area contributed by atoms with Gasteiger partial charge in [0.1, 0.15) is 0 Å². The van der Waals surface area contributed by atoms with Gasteiger partial charge >= 0.3 is 0 Å². The predicted octanol–water partition coefficient (Wildman–Crippen LogP) is 2.04. The highest BCUT2D eigenvalue weighted by molar-refractivity contribution is 5.80.